The maximum Gasteiger partial charge on any atom is 0.244 e. The van der Waals surface area contributed by atoms with E-state index in [1.807, 2.05) is 4.72 Å². The van der Waals surface area contributed by atoms with Crippen molar-refractivity contribution >= 4 is 10.0 Å². The summed E-state index contributed by atoms with van der Waals surface area (Å²) in [7, 11) is -4.16. The molecule has 0 aliphatic carbocycles. The Morgan fingerprint density at radius 2 is 1.73 bits per heavy atom. The molecule has 0 heterocycles. The van der Waals surface area contributed by atoms with Gasteiger partial charge in [-0.2, -0.15) is 4.72 Å². The second-order valence-electron chi connectivity index (χ2n) is 4.18. The molecule has 0 saturated heterocycles. The van der Waals surface area contributed by atoms with Gasteiger partial charge in [-0.15, -0.1) is 0 Å². The first-order valence-corrected chi connectivity index (χ1v) is 7.56. The SMILES string of the molecule is O=S(=O)(NCC#Cc1ccccc1F)c1ccc(F)cc1F. The van der Waals surface area contributed by atoms with Gasteiger partial charge in [-0.1, -0.05) is 24.0 Å². The van der Waals surface area contributed by atoms with Gasteiger partial charge >= 0.3 is 0 Å². The molecule has 0 aromatic heterocycles. The lowest BCUT2D eigenvalue weighted by Gasteiger charge is -2.04. The molecule has 0 atom stereocenters. The van der Waals surface area contributed by atoms with Crippen molar-refractivity contribution in [1.82, 2.24) is 4.72 Å². The van der Waals surface area contributed by atoms with E-state index in [0.717, 1.165) is 12.1 Å². The summed E-state index contributed by atoms with van der Waals surface area (Å²) in [4.78, 5) is -0.679. The zero-order chi connectivity index (χ0) is 16.2. The first kappa shape index (κ1) is 16.1. The second kappa shape index (κ2) is 6.64. The molecule has 0 spiro atoms. The van der Waals surface area contributed by atoms with Crippen LogP contribution < -0.4 is 4.72 Å². The average Bonchev–Trinajstić information content (AvgIpc) is 2.45. The van der Waals surface area contributed by atoms with Gasteiger partial charge in [0.15, 0.2) is 0 Å². The van der Waals surface area contributed by atoms with E-state index in [0.29, 0.717) is 6.07 Å². The fraction of sp³-hybridized carbons (Fsp3) is 0.0667. The molecular weight excluding hydrogens is 315 g/mol. The average molecular weight is 325 g/mol. The molecule has 114 valence electrons. The van der Waals surface area contributed by atoms with Crippen LogP contribution in [-0.2, 0) is 10.0 Å². The molecule has 0 bridgehead atoms. The summed E-state index contributed by atoms with van der Waals surface area (Å²) in [5, 5.41) is 0. The predicted molar refractivity (Wildman–Crippen MR) is 74.8 cm³/mol. The molecule has 0 fully saturated rings. The lowest BCUT2D eigenvalue weighted by Crippen LogP contribution is -2.25. The van der Waals surface area contributed by atoms with Gasteiger partial charge in [0.25, 0.3) is 0 Å². The molecule has 0 saturated carbocycles. The number of hydrogen-bond donors (Lipinski definition) is 1. The molecule has 3 nitrogen and oxygen atoms in total. The van der Waals surface area contributed by atoms with Crippen LogP contribution >= 0.6 is 0 Å². The van der Waals surface area contributed by atoms with E-state index < -0.39 is 32.4 Å². The van der Waals surface area contributed by atoms with Crippen LogP contribution in [-0.4, -0.2) is 15.0 Å². The summed E-state index contributed by atoms with van der Waals surface area (Å²) in [6.45, 7) is -0.340. The van der Waals surface area contributed by atoms with Crippen LogP contribution in [0.1, 0.15) is 5.56 Å². The minimum absolute atomic E-state index is 0.120. The first-order chi connectivity index (χ1) is 10.4. The maximum atomic E-state index is 13.4. The van der Waals surface area contributed by atoms with Gasteiger partial charge in [-0.3, -0.25) is 0 Å². The summed E-state index contributed by atoms with van der Waals surface area (Å²) >= 11 is 0. The van der Waals surface area contributed by atoms with Crippen LogP contribution in [0.5, 0.6) is 0 Å². The maximum absolute atomic E-state index is 13.4. The molecule has 2 rings (SSSR count). The van der Waals surface area contributed by atoms with Crippen molar-refractivity contribution in [2.45, 2.75) is 4.90 Å². The van der Waals surface area contributed by atoms with Gasteiger partial charge in [-0.05, 0) is 24.3 Å². The molecule has 0 aliphatic heterocycles. The van der Waals surface area contributed by atoms with Crippen LogP contribution in [0.15, 0.2) is 47.4 Å². The zero-order valence-corrected chi connectivity index (χ0v) is 11.9. The third kappa shape index (κ3) is 3.87. The number of rotatable bonds is 3. The van der Waals surface area contributed by atoms with Gasteiger partial charge in [0.05, 0.1) is 12.1 Å². The van der Waals surface area contributed by atoms with Crippen molar-refractivity contribution in [2.75, 3.05) is 6.54 Å². The van der Waals surface area contributed by atoms with Crippen molar-refractivity contribution in [3.05, 3.63) is 65.5 Å². The summed E-state index contributed by atoms with van der Waals surface area (Å²) < 4.78 is 65.2. The molecule has 22 heavy (non-hydrogen) atoms. The fourth-order valence-electron chi connectivity index (χ4n) is 1.60. The molecule has 7 heteroatoms. The van der Waals surface area contributed by atoms with Crippen LogP contribution in [0.4, 0.5) is 13.2 Å². The highest BCUT2D eigenvalue weighted by molar-refractivity contribution is 7.89. The normalized spacial score (nSPS) is 10.9. The lowest BCUT2D eigenvalue weighted by atomic mass is 10.2. The van der Waals surface area contributed by atoms with E-state index in [-0.39, 0.29) is 12.1 Å². The highest BCUT2D eigenvalue weighted by Crippen LogP contribution is 2.14. The van der Waals surface area contributed by atoms with E-state index in [2.05, 4.69) is 11.8 Å². The molecule has 2 aromatic rings. The zero-order valence-electron chi connectivity index (χ0n) is 11.1. The molecule has 1 N–H and O–H groups in total. The van der Waals surface area contributed by atoms with Crippen molar-refractivity contribution in [2.24, 2.45) is 0 Å². The van der Waals surface area contributed by atoms with Crippen LogP contribution in [0.25, 0.3) is 0 Å². The summed E-state index contributed by atoms with van der Waals surface area (Å²) in [5.74, 6) is 2.27. The molecule has 0 unspecified atom stereocenters. The van der Waals surface area contributed by atoms with Crippen molar-refractivity contribution in [3.8, 4) is 11.8 Å². The van der Waals surface area contributed by atoms with E-state index in [1.165, 1.54) is 18.2 Å². The van der Waals surface area contributed by atoms with Crippen LogP contribution in [0.2, 0.25) is 0 Å². The van der Waals surface area contributed by atoms with Crippen molar-refractivity contribution in [1.29, 1.82) is 0 Å². The Bertz CT molecular complexity index is 855. The molecule has 0 aliphatic rings. The van der Waals surface area contributed by atoms with Crippen molar-refractivity contribution < 1.29 is 21.6 Å². The van der Waals surface area contributed by atoms with E-state index in [1.54, 1.807) is 6.07 Å². The predicted octanol–water partition coefficient (Wildman–Crippen LogP) is 2.43. The Kier molecular flexibility index (Phi) is 4.85. The third-order valence-corrected chi connectivity index (χ3v) is 4.07. The largest absolute Gasteiger partial charge is 0.244 e. The molecular formula is C15H10F3NO2S. The molecule has 0 amide bonds. The standard InChI is InChI=1S/C15H10F3NO2S/c16-12-7-8-15(14(18)10-12)22(20,21)19-9-3-5-11-4-1-2-6-13(11)17/h1-2,4,6-8,10,19H,9H2. The minimum atomic E-state index is -4.16. The Morgan fingerprint density at radius 3 is 2.41 bits per heavy atom. The van der Waals surface area contributed by atoms with Gasteiger partial charge in [-0.25, -0.2) is 21.6 Å². The first-order valence-electron chi connectivity index (χ1n) is 6.08. The van der Waals surface area contributed by atoms with Crippen LogP contribution in [0, 0.1) is 29.3 Å². The molecule has 0 radical (unpaired) electrons. The number of benzene rings is 2. The number of halogens is 3. The Hall–Kier alpha value is -2.30. The number of hydrogen-bond acceptors (Lipinski definition) is 2. The van der Waals surface area contributed by atoms with E-state index in [4.69, 9.17) is 0 Å². The minimum Gasteiger partial charge on any atom is -0.207 e. The summed E-state index contributed by atoms with van der Waals surface area (Å²) in [6.07, 6.45) is 0. The quantitative estimate of drug-likeness (QED) is 0.881. The fourth-order valence-corrected chi connectivity index (χ4v) is 2.58. The highest BCUT2D eigenvalue weighted by Gasteiger charge is 2.18. The topological polar surface area (TPSA) is 46.2 Å². The molecule has 2 aromatic carbocycles. The van der Waals surface area contributed by atoms with Gasteiger partial charge in [0, 0.05) is 6.07 Å². The van der Waals surface area contributed by atoms with Gasteiger partial charge < -0.3 is 0 Å². The van der Waals surface area contributed by atoms with Crippen molar-refractivity contribution in [3.63, 3.8) is 0 Å². The van der Waals surface area contributed by atoms with Gasteiger partial charge in [0.1, 0.15) is 22.3 Å². The monoisotopic (exact) mass is 325 g/mol. The summed E-state index contributed by atoms with van der Waals surface area (Å²) in [5.41, 5.74) is 0.120. The Morgan fingerprint density at radius 1 is 1.00 bits per heavy atom. The van der Waals surface area contributed by atoms with E-state index in [9.17, 15) is 21.6 Å². The number of nitrogens with one attached hydrogen (secondary N) is 1. The van der Waals surface area contributed by atoms with E-state index >= 15 is 0 Å². The lowest BCUT2D eigenvalue weighted by molar-refractivity contribution is 0.545. The Labute approximate surface area is 125 Å². The van der Waals surface area contributed by atoms with Gasteiger partial charge in [0.2, 0.25) is 10.0 Å². The third-order valence-electron chi connectivity index (χ3n) is 2.63. The van der Waals surface area contributed by atoms with Crippen LogP contribution in [0.3, 0.4) is 0 Å². The second-order valence-corrected chi connectivity index (χ2v) is 5.92. The highest BCUT2D eigenvalue weighted by atomic mass is 32.2. The Balaban J connectivity index is 2.10. The summed E-state index contributed by atoms with van der Waals surface area (Å²) in [6, 6.07) is 7.88. The number of sulfonamides is 1. The smallest absolute Gasteiger partial charge is 0.207 e.